The Kier molecular flexibility index (Phi) is 240. The molecule has 1 unspecified atom stereocenters. The lowest BCUT2D eigenvalue weighted by Gasteiger charge is -0.153. The van der Waals surface area contributed by atoms with Crippen LogP contribution in [-0.2, 0) is 0 Å². The number of rotatable bonds is 0. The van der Waals surface area contributed by atoms with E-state index in [9.17, 15) is 0 Å². The Bertz CT molecular complexity index is 6.00. The van der Waals surface area contributed by atoms with Crippen LogP contribution in [-0.4, -0.2) is 45.7 Å². The lowest BCUT2D eigenvalue weighted by atomic mass is 27.0. The normalized spacial score (nSPS) is 0. The predicted octanol–water partition coefficient (Wildman–Crippen LogP) is -3.76. The zero-order valence-corrected chi connectivity index (χ0v) is 2.12. The van der Waals surface area contributed by atoms with E-state index < -0.39 is 0 Å². The fourth-order valence-corrected chi connectivity index (χ4v) is 0. The first-order valence-corrected chi connectivity index (χ1v) is 0. The van der Waals surface area contributed by atoms with Crippen molar-refractivity contribution in [3.63, 3.8) is 0 Å². The van der Waals surface area contributed by atoms with Crippen molar-refractivity contribution in [1.29, 1.82) is 0 Å². The Balaban J connectivity index is 0. The molecule has 0 spiro atoms. The first kappa shape index (κ1) is 43.3. The van der Waals surface area contributed by atoms with Gasteiger partial charge in [0.15, 0.2) is 34.7 Å². The maximum atomic E-state index is 0. The molecule has 0 aromatic rings. The lowest BCUT2D eigenvalue weighted by Crippen LogP contribution is -0.382. The van der Waals surface area contributed by atoms with Gasteiger partial charge in [-0.05, 0) is 11.0 Å². The van der Waals surface area contributed by atoms with E-state index in [1.807, 2.05) is 0 Å². The maximum Gasteiger partial charge on any atom is 0.187 e. The fourth-order valence-electron chi connectivity index (χ4n) is 0. The van der Waals surface area contributed by atoms with E-state index in [4.69, 9.17) is 0 Å². The Labute approximate surface area is 55.6 Å². The van der Waals surface area contributed by atoms with Crippen LogP contribution in [0.15, 0.2) is 0 Å². The highest BCUT2D eigenvalue weighted by atomic mass is 31.0. The molecule has 0 aliphatic carbocycles. The molecule has 0 radical (unpaired) electrons. The minimum Gasteiger partial charge on any atom is -0.153 e. The summed E-state index contributed by atoms with van der Waals surface area (Å²) in [5.41, 5.74) is 0. The minimum absolute atomic E-state index is 0. The SMILES string of the molecule is P.[AlH3].[AlH3].[SiH4]. The highest BCUT2D eigenvalue weighted by Crippen LogP contribution is 0.861. The smallest absolute Gasteiger partial charge is 0.153 e. The monoisotopic (exact) mass is 126 g/mol. The molecule has 0 bridgehead atoms. The van der Waals surface area contributed by atoms with Gasteiger partial charge in [0.2, 0.25) is 0 Å². The van der Waals surface area contributed by atoms with Gasteiger partial charge in [0.05, 0.1) is 0 Å². The van der Waals surface area contributed by atoms with E-state index in [0.717, 1.165) is 0 Å². The van der Waals surface area contributed by atoms with Crippen molar-refractivity contribution >= 4 is 55.6 Å². The molecule has 0 nitrogen and oxygen atoms in total. The van der Waals surface area contributed by atoms with Gasteiger partial charge in [-0.3, -0.25) is 0 Å². The van der Waals surface area contributed by atoms with Gasteiger partial charge in [-0.2, -0.15) is 9.90 Å². The average Bonchev–Trinajstić information content (AvgIpc) is 0. The summed E-state index contributed by atoms with van der Waals surface area (Å²) in [7, 11) is 0. The summed E-state index contributed by atoms with van der Waals surface area (Å²) >= 11 is 0. The predicted molar refractivity (Wildman–Crippen MR) is 42.3 cm³/mol. The second kappa shape index (κ2) is 22.2. The molecule has 4 heavy (non-hydrogen) atoms. The molecule has 0 saturated carbocycles. The van der Waals surface area contributed by atoms with E-state index in [-0.39, 0.29) is 55.6 Å². The number of hydrogen-bond donors (Lipinski definition) is 0. The van der Waals surface area contributed by atoms with E-state index in [0.29, 0.717) is 0 Å². The Morgan fingerprint density at radius 1 is 0.750 bits per heavy atom. The van der Waals surface area contributed by atoms with Crippen molar-refractivity contribution in [2.45, 2.75) is 0 Å². The van der Waals surface area contributed by atoms with Crippen LogP contribution < -0.4 is 0 Å². The molecule has 0 amide bonds. The van der Waals surface area contributed by atoms with Crippen LogP contribution in [0.3, 0.4) is 0 Å². The molecule has 0 heterocycles. The molecule has 0 N–H and O–H groups in total. The van der Waals surface area contributed by atoms with Crippen LogP contribution in [0, 0.1) is 0 Å². The molecule has 4 heteroatoms. The van der Waals surface area contributed by atoms with Gasteiger partial charge < -0.3 is 0 Å². The second-order valence-corrected chi connectivity index (χ2v) is 0. The average molecular weight is 126 g/mol. The molecule has 0 aliphatic heterocycles. The third-order valence-electron chi connectivity index (χ3n) is 0. The van der Waals surface area contributed by atoms with Gasteiger partial charge in [-0.25, -0.2) is 0 Å². The van der Waals surface area contributed by atoms with E-state index in [1.165, 1.54) is 0 Å². The Morgan fingerprint density at radius 3 is 0.750 bits per heavy atom. The molecule has 0 aliphatic rings. The van der Waals surface area contributed by atoms with Crippen molar-refractivity contribution in [2.24, 2.45) is 0 Å². The molecule has 1 atom stereocenters. The molecular formula is H13Al2PSi. The van der Waals surface area contributed by atoms with Gasteiger partial charge in [0.1, 0.15) is 0 Å². The largest absolute Gasteiger partial charge is 0.187 e. The summed E-state index contributed by atoms with van der Waals surface area (Å²) in [6.45, 7) is 0. The molecule has 0 fully saturated rings. The first-order valence-electron chi connectivity index (χ1n) is 0. The quantitative estimate of drug-likeness (QED) is 0.231. The van der Waals surface area contributed by atoms with Crippen molar-refractivity contribution < 1.29 is 0 Å². The third kappa shape index (κ3) is 9.32. The third-order valence-corrected chi connectivity index (χ3v) is 0. The summed E-state index contributed by atoms with van der Waals surface area (Å²) in [5.74, 6) is 0. The van der Waals surface area contributed by atoms with Crippen molar-refractivity contribution in [3.8, 4) is 0 Å². The number of hydrogen-bond acceptors (Lipinski definition) is 0. The maximum absolute atomic E-state index is 0. The van der Waals surface area contributed by atoms with Crippen LogP contribution in [0.1, 0.15) is 0 Å². The van der Waals surface area contributed by atoms with E-state index in [2.05, 4.69) is 0 Å². The van der Waals surface area contributed by atoms with Crippen LogP contribution in [0.2, 0.25) is 0 Å². The topological polar surface area (TPSA) is 0 Å². The van der Waals surface area contributed by atoms with E-state index >= 15 is 0 Å². The summed E-state index contributed by atoms with van der Waals surface area (Å²) in [5, 5.41) is 0. The summed E-state index contributed by atoms with van der Waals surface area (Å²) in [6, 6.07) is 0. The molecule has 0 aromatic carbocycles. The van der Waals surface area contributed by atoms with Crippen molar-refractivity contribution in [1.82, 2.24) is 0 Å². The molecule has 28 valence electrons. The van der Waals surface area contributed by atoms with Crippen LogP contribution in [0.5, 0.6) is 0 Å². The highest BCUT2D eigenvalue weighted by Gasteiger charge is 0.188. The first-order chi connectivity index (χ1) is 0. The van der Waals surface area contributed by atoms with Crippen LogP contribution in [0.4, 0.5) is 0 Å². The standard InChI is InChI=1S/2Al.H3P.H4Si.6H/h;;1H3;1H4;;;;;;. The summed E-state index contributed by atoms with van der Waals surface area (Å²) in [4.78, 5) is 0. The molecule has 0 saturated heterocycles. The zero-order valence-electron chi connectivity index (χ0n) is 0.707. The van der Waals surface area contributed by atoms with Crippen molar-refractivity contribution in [2.75, 3.05) is 0 Å². The van der Waals surface area contributed by atoms with Gasteiger partial charge in [0.25, 0.3) is 0 Å². The molecular weight excluding hydrogens is 113 g/mol. The molecule has 0 rings (SSSR count). The van der Waals surface area contributed by atoms with Gasteiger partial charge in [0, 0.05) is 0 Å². The highest BCUT2D eigenvalue weighted by molar-refractivity contribution is 6.92. The Morgan fingerprint density at radius 2 is 0.750 bits per heavy atom. The Hall–Kier alpha value is 1.71. The van der Waals surface area contributed by atoms with Crippen LogP contribution >= 0.6 is 9.90 Å². The van der Waals surface area contributed by atoms with Crippen molar-refractivity contribution in [3.05, 3.63) is 0 Å². The van der Waals surface area contributed by atoms with Crippen LogP contribution in [0.25, 0.3) is 0 Å². The lowest BCUT2D eigenvalue weighted by molar-refractivity contribution is 5.75. The minimum atomic E-state index is 0. The summed E-state index contributed by atoms with van der Waals surface area (Å²) < 4.78 is 0. The zero-order chi connectivity index (χ0) is 0. The van der Waals surface area contributed by atoms with Gasteiger partial charge in [-0.15, -0.1) is 0 Å². The molecule has 0 aromatic heterocycles. The second-order valence-electron chi connectivity index (χ2n) is 0. The van der Waals surface area contributed by atoms with Gasteiger partial charge >= 0.3 is 0 Å². The fraction of sp³-hybridized carbons (Fsp3) is 0. The van der Waals surface area contributed by atoms with Gasteiger partial charge in [-0.1, -0.05) is 0 Å². The van der Waals surface area contributed by atoms with E-state index in [1.54, 1.807) is 0 Å². The summed E-state index contributed by atoms with van der Waals surface area (Å²) in [6.07, 6.45) is 0.